The molecule has 0 aromatic rings. The summed E-state index contributed by atoms with van der Waals surface area (Å²) < 4.78 is 9.81. The first-order valence-corrected chi connectivity index (χ1v) is 7.07. The Balaban J connectivity index is 2.38. The van der Waals surface area contributed by atoms with E-state index in [4.69, 9.17) is 9.47 Å². The first-order chi connectivity index (χ1) is 8.90. The molecular formula is C15H24O4. The Hall–Kier alpha value is -1.06. The lowest BCUT2D eigenvalue weighted by atomic mass is 9.63. The van der Waals surface area contributed by atoms with Crippen LogP contribution in [0.5, 0.6) is 0 Å². The van der Waals surface area contributed by atoms with E-state index in [2.05, 4.69) is 13.8 Å². The molecule has 2 fully saturated rings. The van der Waals surface area contributed by atoms with Gasteiger partial charge < -0.3 is 9.47 Å². The van der Waals surface area contributed by atoms with Crippen LogP contribution in [0.15, 0.2) is 0 Å². The molecule has 0 saturated heterocycles. The normalized spacial score (nSPS) is 36.4. The molecule has 2 aliphatic rings. The number of esters is 2. The van der Waals surface area contributed by atoms with Crippen molar-refractivity contribution in [2.24, 2.45) is 22.7 Å². The Kier molecular flexibility index (Phi) is 3.63. The number of carbonyl (C=O) groups is 2. The third kappa shape index (κ3) is 1.96. The highest BCUT2D eigenvalue weighted by Crippen LogP contribution is 2.61. The highest BCUT2D eigenvalue weighted by Gasteiger charge is 2.63. The molecule has 2 rings (SSSR count). The summed E-state index contributed by atoms with van der Waals surface area (Å²) in [7, 11) is 2.70. The highest BCUT2D eigenvalue weighted by atomic mass is 16.5. The number of rotatable bonds is 2. The summed E-state index contributed by atoms with van der Waals surface area (Å²) in [5.41, 5.74) is -1.04. The molecule has 0 spiro atoms. The quantitative estimate of drug-likeness (QED) is 0.570. The van der Waals surface area contributed by atoms with E-state index < -0.39 is 17.4 Å². The Morgan fingerprint density at radius 1 is 1.11 bits per heavy atom. The van der Waals surface area contributed by atoms with Gasteiger partial charge in [0, 0.05) is 0 Å². The minimum atomic E-state index is -1.08. The summed E-state index contributed by atoms with van der Waals surface area (Å²) >= 11 is 0. The van der Waals surface area contributed by atoms with Crippen molar-refractivity contribution >= 4 is 11.9 Å². The van der Waals surface area contributed by atoms with Gasteiger partial charge in [0.2, 0.25) is 0 Å². The van der Waals surface area contributed by atoms with Crippen LogP contribution in [0.3, 0.4) is 0 Å². The number of hydrogen-bond donors (Lipinski definition) is 0. The summed E-state index contributed by atoms with van der Waals surface area (Å²) in [6.45, 7) is 4.45. The van der Waals surface area contributed by atoms with Crippen molar-refractivity contribution in [2.75, 3.05) is 14.2 Å². The van der Waals surface area contributed by atoms with E-state index in [-0.39, 0.29) is 5.41 Å². The third-order valence-corrected chi connectivity index (χ3v) is 5.68. The Morgan fingerprint density at radius 3 is 2.16 bits per heavy atom. The van der Waals surface area contributed by atoms with E-state index in [9.17, 15) is 9.59 Å². The van der Waals surface area contributed by atoms with E-state index in [0.717, 1.165) is 6.42 Å². The van der Waals surface area contributed by atoms with Crippen molar-refractivity contribution in [3.8, 4) is 0 Å². The average molecular weight is 268 g/mol. The van der Waals surface area contributed by atoms with Gasteiger partial charge in [-0.15, -0.1) is 0 Å². The van der Waals surface area contributed by atoms with Gasteiger partial charge in [0.1, 0.15) is 0 Å². The van der Waals surface area contributed by atoms with E-state index in [0.29, 0.717) is 24.7 Å². The van der Waals surface area contributed by atoms with Gasteiger partial charge in [0.15, 0.2) is 5.41 Å². The molecule has 0 amide bonds. The van der Waals surface area contributed by atoms with Crippen molar-refractivity contribution < 1.29 is 19.1 Å². The molecule has 0 aliphatic heterocycles. The lowest BCUT2D eigenvalue weighted by Gasteiger charge is -2.42. The zero-order valence-electron chi connectivity index (χ0n) is 12.3. The molecule has 3 atom stereocenters. The van der Waals surface area contributed by atoms with Gasteiger partial charge in [-0.2, -0.15) is 0 Å². The largest absolute Gasteiger partial charge is 0.468 e. The molecule has 0 bridgehead atoms. The Labute approximate surface area is 114 Å². The fraction of sp³-hybridized carbons (Fsp3) is 0.867. The fourth-order valence-electron chi connectivity index (χ4n) is 4.31. The van der Waals surface area contributed by atoms with Crippen LogP contribution in [-0.2, 0) is 19.1 Å². The standard InChI is InChI=1S/C15H24O4/c1-10-6-5-7-11-8-15(12(16)18-3,13(17)19-4)9-14(10,11)2/h10-11H,5-9H2,1-4H3/t10-,11-,14+/m0/s1. The molecule has 0 N–H and O–H groups in total. The Bertz CT molecular complexity index is 374. The number of methoxy groups -OCH3 is 2. The van der Waals surface area contributed by atoms with Crippen LogP contribution in [0.1, 0.15) is 46.0 Å². The fourth-order valence-corrected chi connectivity index (χ4v) is 4.31. The maximum Gasteiger partial charge on any atom is 0.323 e. The number of ether oxygens (including phenoxy) is 2. The predicted molar refractivity (Wildman–Crippen MR) is 70.3 cm³/mol. The molecule has 0 unspecified atom stereocenters. The monoisotopic (exact) mass is 268 g/mol. The maximum atomic E-state index is 12.2. The molecule has 2 aliphatic carbocycles. The number of fused-ring (bicyclic) bond motifs is 1. The third-order valence-electron chi connectivity index (χ3n) is 5.68. The molecule has 0 aromatic heterocycles. The minimum Gasteiger partial charge on any atom is -0.468 e. The zero-order chi connectivity index (χ0) is 14.3. The van der Waals surface area contributed by atoms with E-state index in [1.165, 1.54) is 27.1 Å². The van der Waals surface area contributed by atoms with E-state index in [1.54, 1.807) is 0 Å². The van der Waals surface area contributed by atoms with Crippen molar-refractivity contribution in [1.82, 2.24) is 0 Å². The van der Waals surface area contributed by atoms with E-state index in [1.807, 2.05) is 0 Å². The molecule has 4 nitrogen and oxygen atoms in total. The van der Waals surface area contributed by atoms with Crippen molar-refractivity contribution in [1.29, 1.82) is 0 Å². The maximum absolute atomic E-state index is 12.2. The predicted octanol–water partition coefficient (Wildman–Crippen LogP) is 2.56. The van der Waals surface area contributed by atoms with Gasteiger partial charge >= 0.3 is 11.9 Å². The topological polar surface area (TPSA) is 52.6 Å². The number of hydrogen-bond acceptors (Lipinski definition) is 4. The zero-order valence-corrected chi connectivity index (χ0v) is 12.3. The van der Waals surface area contributed by atoms with Gasteiger partial charge in [-0.1, -0.05) is 26.7 Å². The molecule has 0 heterocycles. The second-order valence-electron chi connectivity index (χ2n) is 6.48. The minimum absolute atomic E-state index is 0.0423. The van der Waals surface area contributed by atoms with Crippen molar-refractivity contribution in [3.05, 3.63) is 0 Å². The van der Waals surface area contributed by atoms with Crippen LogP contribution in [-0.4, -0.2) is 26.2 Å². The summed E-state index contributed by atoms with van der Waals surface area (Å²) in [5, 5.41) is 0. The van der Waals surface area contributed by atoms with Gasteiger partial charge in [-0.25, -0.2) is 0 Å². The Morgan fingerprint density at radius 2 is 1.68 bits per heavy atom. The molecule has 0 aromatic carbocycles. The number of carbonyl (C=O) groups excluding carboxylic acids is 2. The highest BCUT2D eigenvalue weighted by molar-refractivity contribution is 6.00. The van der Waals surface area contributed by atoms with Crippen LogP contribution >= 0.6 is 0 Å². The molecule has 108 valence electrons. The summed E-state index contributed by atoms with van der Waals surface area (Å²) in [5.74, 6) is 0.0845. The second-order valence-corrected chi connectivity index (χ2v) is 6.48. The summed E-state index contributed by atoms with van der Waals surface area (Å²) in [6, 6.07) is 0. The molecule has 19 heavy (non-hydrogen) atoms. The molecule has 0 radical (unpaired) electrons. The average Bonchev–Trinajstić information content (AvgIpc) is 2.73. The van der Waals surface area contributed by atoms with Crippen LogP contribution in [0.2, 0.25) is 0 Å². The van der Waals surface area contributed by atoms with Gasteiger partial charge in [-0.3, -0.25) is 9.59 Å². The lowest BCUT2D eigenvalue weighted by Crippen LogP contribution is -2.40. The van der Waals surface area contributed by atoms with Crippen LogP contribution in [0, 0.1) is 22.7 Å². The lowest BCUT2D eigenvalue weighted by molar-refractivity contribution is -0.169. The molecule has 4 heteroatoms. The second kappa shape index (κ2) is 4.80. The van der Waals surface area contributed by atoms with Crippen LogP contribution < -0.4 is 0 Å². The summed E-state index contributed by atoms with van der Waals surface area (Å²) in [4.78, 5) is 24.4. The van der Waals surface area contributed by atoms with Gasteiger partial charge in [-0.05, 0) is 36.5 Å². The van der Waals surface area contributed by atoms with E-state index >= 15 is 0 Å². The SMILES string of the molecule is COC(=O)C1(C(=O)OC)C[C@@H]2CCC[C@H](C)[C@@]2(C)C1. The van der Waals surface area contributed by atoms with Crippen LogP contribution in [0.25, 0.3) is 0 Å². The van der Waals surface area contributed by atoms with Crippen molar-refractivity contribution in [3.63, 3.8) is 0 Å². The van der Waals surface area contributed by atoms with Gasteiger partial charge in [0.05, 0.1) is 14.2 Å². The first-order valence-electron chi connectivity index (χ1n) is 7.07. The molecular weight excluding hydrogens is 244 g/mol. The van der Waals surface area contributed by atoms with Crippen molar-refractivity contribution in [2.45, 2.75) is 46.0 Å². The van der Waals surface area contributed by atoms with Crippen LogP contribution in [0.4, 0.5) is 0 Å². The smallest absolute Gasteiger partial charge is 0.323 e. The first kappa shape index (κ1) is 14.4. The summed E-state index contributed by atoms with van der Waals surface area (Å²) in [6.07, 6.45) is 4.58. The van der Waals surface area contributed by atoms with Gasteiger partial charge in [0.25, 0.3) is 0 Å². The molecule has 2 saturated carbocycles.